The van der Waals surface area contributed by atoms with Gasteiger partial charge in [0.15, 0.2) is 0 Å². The third-order valence-corrected chi connectivity index (χ3v) is 3.41. The summed E-state index contributed by atoms with van der Waals surface area (Å²) in [5, 5.41) is 1.70. The topological polar surface area (TPSA) is 59.2 Å². The highest BCUT2D eigenvalue weighted by Crippen LogP contribution is 2.24. The molecule has 0 fully saturated rings. The molecule has 0 aliphatic carbocycles. The van der Waals surface area contributed by atoms with Crippen LogP contribution in [0.1, 0.15) is 37.6 Å². The van der Waals surface area contributed by atoms with Crippen LogP contribution in [-0.4, -0.2) is 28.4 Å². The molecule has 2 aromatic rings. The Labute approximate surface area is 119 Å². The summed E-state index contributed by atoms with van der Waals surface area (Å²) in [6, 6.07) is 7.80. The van der Waals surface area contributed by atoms with Crippen LogP contribution in [0.5, 0.6) is 0 Å². The lowest BCUT2D eigenvalue weighted by Crippen LogP contribution is -2.37. The second-order valence-corrected chi connectivity index (χ2v) is 5.19. The molecule has 20 heavy (non-hydrogen) atoms. The van der Waals surface area contributed by atoms with Gasteiger partial charge in [-0.25, -0.2) is 4.98 Å². The van der Waals surface area contributed by atoms with Crippen LogP contribution in [0.4, 0.5) is 5.82 Å². The zero-order valence-corrected chi connectivity index (χ0v) is 12.3. The number of carbonyl (C=O) groups is 1. The molecule has 1 amide bonds. The third-order valence-electron chi connectivity index (χ3n) is 3.41. The predicted molar refractivity (Wildman–Crippen MR) is 82.6 cm³/mol. The zero-order chi connectivity index (χ0) is 14.7. The number of anilines is 1. The Morgan fingerprint density at radius 1 is 1.30 bits per heavy atom. The molecule has 1 aromatic heterocycles. The van der Waals surface area contributed by atoms with Crippen LogP contribution in [0.2, 0.25) is 0 Å². The summed E-state index contributed by atoms with van der Waals surface area (Å²) in [6.07, 6.45) is 2.52. The maximum atomic E-state index is 12.7. The molecule has 4 heteroatoms. The van der Waals surface area contributed by atoms with E-state index in [2.05, 4.69) is 11.9 Å². The molecule has 0 aliphatic heterocycles. The quantitative estimate of drug-likeness (QED) is 0.929. The molecule has 2 N–H and O–H groups in total. The van der Waals surface area contributed by atoms with Crippen LogP contribution in [0, 0.1) is 0 Å². The maximum absolute atomic E-state index is 12.7. The minimum atomic E-state index is 0.0190. The van der Waals surface area contributed by atoms with Gasteiger partial charge in [0, 0.05) is 24.2 Å². The molecule has 1 heterocycles. The van der Waals surface area contributed by atoms with Crippen LogP contribution in [-0.2, 0) is 0 Å². The summed E-state index contributed by atoms with van der Waals surface area (Å²) in [5.74, 6) is 0.481. The monoisotopic (exact) mass is 271 g/mol. The average Bonchev–Trinajstić information content (AvgIpc) is 2.44. The van der Waals surface area contributed by atoms with Crippen molar-refractivity contribution in [1.82, 2.24) is 9.88 Å². The summed E-state index contributed by atoms with van der Waals surface area (Å²) in [4.78, 5) is 18.8. The Bertz CT molecular complexity index is 622. The summed E-state index contributed by atoms with van der Waals surface area (Å²) in [6.45, 7) is 6.87. The van der Waals surface area contributed by atoms with E-state index in [0.29, 0.717) is 11.4 Å². The van der Waals surface area contributed by atoms with Crippen LogP contribution in [0.25, 0.3) is 10.8 Å². The maximum Gasteiger partial charge on any atom is 0.256 e. The first-order chi connectivity index (χ1) is 9.56. The van der Waals surface area contributed by atoms with E-state index in [0.717, 1.165) is 23.7 Å². The van der Waals surface area contributed by atoms with Gasteiger partial charge in [-0.1, -0.05) is 31.2 Å². The zero-order valence-electron chi connectivity index (χ0n) is 12.3. The number of fused-ring (bicyclic) bond motifs is 1. The highest BCUT2D eigenvalue weighted by Gasteiger charge is 2.20. The van der Waals surface area contributed by atoms with Gasteiger partial charge in [0.1, 0.15) is 5.82 Å². The SMILES string of the molecule is CCCN(C(=O)c1cnc(N)c2ccccc12)C(C)C. The fourth-order valence-electron chi connectivity index (χ4n) is 2.37. The van der Waals surface area contributed by atoms with Crippen molar-refractivity contribution in [3.63, 3.8) is 0 Å². The predicted octanol–water partition coefficient (Wildman–Crippen LogP) is 3.08. The number of carbonyl (C=O) groups excluding carboxylic acids is 1. The molecule has 0 aliphatic rings. The number of aromatic nitrogens is 1. The van der Waals surface area contributed by atoms with Crippen LogP contribution >= 0.6 is 0 Å². The lowest BCUT2D eigenvalue weighted by Gasteiger charge is -2.26. The van der Waals surface area contributed by atoms with Crippen molar-refractivity contribution in [1.29, 1.82) is 0 Å². The number of benzene rings is 1. The summed E-state index contributed by atoms with van der Waals surface area (Å²) in [5.41, 5.74) is 6.51. The normalized spacial score (nSPS) is 11.0. The molecule has 0 spiro atoms. The Kier molecular flexibility index (Phi) is 4.23. The Hall–Kier alpha value is -2.10. The Morgan fingerprint density at radius 2 is 1.95 bits per heavy atom. The molecule has 4 nitrogen and oxygen atoms in total. The molecule has 0 radical (unpaired) electrons. The van der Waals surface area contributed by atoms with E-state index in [4.69, 9.17) is 5.73 Å². The molecule has 0 bridgehead atoms. The molecule has 1 aromatic carbocycles. The second-order valence-electron chi connectivity index (χ2n) is 5.19. The van der Waals surface area contributed by atoms with Crippen LogP contribution < -0.4 is 5.73 Å². The van der Waals surface area contributed by atoms with Gasteiger partial charge in [0.25, 0.3) is 5.91 Å². The second kappa shape index (κ2) is 5.90. The average molecular weight is 271 g/mol. The van der Waals surface area contributed by atoms with Gasteiger partial charge in [0.2, 0.25) is 0 Å². The lowest BCUT2D eigenvalue weighted by atomic mass is 10.1. The molecule has 0 saturated heterocycles. The van der Waals surface area contributed by atoms with E-state index in [9.17, 15) is 4.79 Å². The lowest BCUT2D eigenvalue weighted by molar-refractivity contribution is 0.0707. The van der Waals surface area contributed by atoms with Gasteiger partial charge >= 0.3 is 0 Å². The molecule has 0 atom stereocenters. The fraction of sp³-hybridized carbons (Fsp3) is 0.375. The molecule has 0 saturated carbocycles. The standard InChI is InChI=1S/C16H21N3O/c1-4-9-19(11(2)3)16(20)14-10-18-15(17)13-8-6-5-7-12(13)14/h5-8,10-11H,4,9H2,1-3H3,(H2,17,18). The molecular formula is C16H21N3O. The summed E-state index contributed by atoms with van der Waals surface area (Å²) in [7, 11) is 0. The van der Waals surface area contributed by atoms with Crippen molar-refractivity contribution in [3.05, 3.63) is 36.0 Å². The third kappa shape index (κ3) is 2.59. The van der Waals surface area contributed by atoms with Crippen molar-refractivity contribution in [3.8, 4) is 0 Å². The highest BCUT2D eigenvalue weighted by molar-refractivity contribution is 6.09. The first kappa shape index (κ1) is 14.3. The van der Waals surface area contributed by atoms with Gasteiger partial charge in [-0.05, 0) is 25.7 Å². The Balaban J connectivity index is 2.52. The van der Waals surface area contributed by atoms with Crippen molar-refractivity contribution in [2.45, 2.75) is 33.2 Å². The number of hydrogen-bond acceptors (Lipinski definition) is 3. The molecular weight excluding hydrogens is 250 g/mol. The van der Waals surface area contributed by atoms with E-state index in [1.54, 1.807) is 6.20 Å². The van der Waals surface area contributed by atoms with Gasteiger partial charge in [-0.3, -0.25) is 4.79 Å². The minimum Gasteiger partial charge on any atom is -0.383 e. The van der Waals surface area contributed by atoms with Crippen LogP contribution in [0.3, 0.4) is 0 Å². The number of amides is 1. The van der Waals surface area contributed by atoms with Gasteiger partial charge < -0.3 is 10.6 Å². The number of nitrogens with two attached hydrogens (primary N) is 1. The molecule has 0 unspecified atom stereocenters. The van der Waals surface area contributed by atoms with Crippen molar-refractivity contribution < 1.29 is 4.79 Å². The number of hydrogen-bond donors (Lipinski definition) is 1. The van der Waals surface area contributed by atoms with E-state index >= 15 is 0 Å². The number of nitrogen functional groups attached to an aromatic ring is 1. The summed E-state index contributed by atoms with van der Waals surface area (Å²) < 4.78 is 0. The van der Waals surface area contributed by atoms with E-state index in [1.165, 1.54) is 0 Å². The summed E-state index contributed by atoms with van der Waals surface area (Å²) >= 11 is 0. The number of nitrogens with zero attached hydrogens (tertiary/aromatic N) is 2. The minimum absolute atomic E-state index is 0.0190. The van der Waals surface area contributed by atoms with Crippen LogP contribution in [0.15, 0.2) is 30.5 Å². The van der Waals surface area contributed by atoms with Crippen molar-refractivity contribution >= 4 is 22.5 Å². The fourth-order valence-corrected chi connectivity index (χ4v) is 2.37. The smallest absolute Gasteiger partial charge is 0.256 e. The van der Waals surface area contributed by atoms with E-state index in [-0.39, 0.29) is 11.9 Å². The van der Waals surface area contributed by atoms with Crippen molar-refractivity contribution in [2.24, 2.45) is 0 Å². The van der Waals surface area contributed by atoms with Gasteiger partial charge in [-0.2, -0.15) is 0 Å². The van der Waals surface area contributed by atoms with Gasteiger partial charge in [-0.15, -0.1) is 0 Å². The first-order valence-corrected chi connectivity index (χ1v) is 7.00. The van der Waals surface area contributed by atoms with E-state index < -0.39 is 0 Å². The number of pyridine rings is 1. The molecule has 2 rings (SSSR count). The first-order valence-electron chi connectivity index (χ1n) is 7.00. The van der Waals surface area contributed by atoms with E-state index in [1.807, 2.05) is 43.0 Å². The van der Waals surface area contributed by atoms with Gasteiger partial charge in [0.05, 0.1) is 5.56 Å². The largest absolute Gasteiger partial charge is 0.383 e. The number of rotatable bonds is 4. The van der Waals surface area contributed by atoms with Crippen molar-refractivity contribution in [2.75, 3.05) is 12.3 Å². The Morgan fingerprint density at radius 3 is 2.55 bits per heavy atom. The highest BCUT2D eigenvalue weighted by atomic mass is 16.2. The molecule has 106 valence electrons.